The van der Waals surface area contributed by atoms with E-state index in [0.717, 1.165) is 11.0 Å². The van der Waals surface area contributed by atoms with Gasteiger partial charge >= 0.3 is 6.18 Å². The van der Waals surface area contributed by atoms with Gasteiger partial charge in [-0.05, 0) is 30.3 Å². The molecule has 1 amide bonds. The number of amides is 1. The summed E-state index contributed by atoms with van der Waals surface area (Å²) in [7, 11) is 0. The van der Waals surface area contributed by atoms with Crippen molar-refractivity contribution in [2.24, 2.45) is 0 Å². The Labute approximate surface area is 199 Å². The number of nitrogens with zero attached hydrogens (tertiary/aromatic N) is 8. The first kappa shape index (κ1) is 22.5. The molecule has 36 heavy (non-hydrogen) atoms. The third-order valence-corrected chi connectivity index (χ3v) is 5.14. The zero-order valence-corrected chi connectivity index (χ0v) is 18.0. The molecule has 4 aromatic heterocycles. The minimum atomic E-state index is -4.94. The highest BCUT2D eigenvalue weighted by molar-refractivity contribution is 6.05. The number of nitriles is 1. The first-order valence-corrected chi connectivity index (χ1v) is 10.1. The lowest BCUT2D eigenvalue weighted by Gasteiger charge is -2.15. The van der Waals surface area contributed by atoms with Crippen molar-refractivity contribution in [3.05, 3.63) is 78.1 Å². The van der Waals surface area contributed by atoms with Crippen molar-refractivity contribution < 1.29 is 18.0 Å². The molecule has 0 fully saturated rings. The number of carbonyl (C=O) groups is 1. The molecule has 0 unspecified atom stereocenters. The number of benzene rings is 1. The van der Waals surface area contributed by atoms with E-state index in [1.165, 1.54) is 43.0 Å². The highest BCUT2D eigenvalue weighted by atomic mass is 19.4. The van der Waals surface area contributed by atoms with Crippen LogP contribution in [0.2, 0.25) is 0 Å². The molecule has 0 saturated heterocycles. The van der Waals surface area contributed by atoms with E-state index in [-0.39, 0.29) is 28.4 Å². The molecule has 0 atom stereocenters. The lowest BCUT2D eigenvalue weighted by atomic mass is 10.1. The number of hydrogen-bond acceptors (Lipinski definition) is 8. The molecule has 5 rings (SSSR count). The van der Waals surface area contributed by atoms with Crippen LogP contribution in [0.5, 0.6) is 0 Å². The van der Waals surface area contributed by atoms with Gasteiger partial charge in [0.15, 0.2) is 11.5 Å². The molecule has 0 radical (unpaired) electrons. The summed E-state index contributed by atoms with van der Waals surface area (Å²) in [6.07, 6.45) is 1.28. The average molecular weight is 490 g/mol. The molecule has 14 heteroatoms. The Bertz CT molecular complexity index is 1650. The highest BCUT2D eigenvalue weighted by Crippen LogP contribution is 2.36. The fourth-order valence-electron chi connectivity index (χ4n) is 3.63. The molecule has 0 bridgehead atoms. The summed E-state index contributed by atoms with van der Waals surface area (Å²) in [6.45, 7) is 0. The van der Waals surface area contributed by atoms with Crippen LogP contribution in [0.15, 0.2) is 61.3 Å². The predicted molar refractivity (Wildman–Crippen MR) is 120 cm³/mol. The number of pyridine rings is 2. The minimum Gasteiger partial charge on any atom is -0.397 e. The Hall–Kier alpha value is -5.32. The molecule has 3 N–H and O–H groups in total. The second kappa shape index (κ2) is 8.47. The molecule has 1 aromatic carbocycles. The summed E-state index contributed by atoms with van der Waals surface area (Å²) in [5, 5.41) is 23.7. The second-order valence-electron chi connectivity index (χ2n) is 7.37. The number of hydrogen-bond donors (Lipinski definition) is 2. The number of nitrogens with one attached hydrogen (secondary N) is 1. The van der Waals surface area contributed by atoms with E-state index in [4.69, 9.17) is 5.73 Å². The van der Waals surface area contributed by atoms with Gasteiger partial charge in [0, 0.05) is 11.6 Å². The van der Waals surface area contributed by atoms with E-state index in [2.05, 4.69) is 30.6 Å². The maximum atomic E-state index is 14.2. The fraction of sp³-hybridized carbons (Fsp3) is 0.0455. The fourth-order valence-corrected chi connectivity index (χ4v) is 3.63. The van der Waals surface area contributed by atoms with E-state index >= 15 is 0 Å². The van der Waals surface area contributed by atoms with Crippen molar-refractivity contribution in [1.82, 2.24) is 34.7 Å². The SMILES string of the molecule is N#Cc1cc(NC(=O)c2cnn(-c3ccc(N)c4ncccc34)c2C(F)(F)F)cnc1-n1nccn1. The summed E-state index contributed by atoms with van der Waals surface area (Å²) in [6, 6.07) is 9.04. The van der Waals surface area contributed by atoms with Gasteiger partial charge in [-0.15, -0.1) is 4.80 Å². The van der Waals surface area contributed by atoms with Crippen molar-refractivity contribution in [3.63, 3.8) is 0 Å². The maximum absolute atomic E-state index is 14.2. The maximum Gasteiger partial charge on any atom is 0.434 e. The molecule has 0 aliphatic rings. The van der Waals surface area contributed by atoms with Crippen molar-refractivity contribution >= 4 is 28.2 Å². The number of fused-ring (bicyclic) bond motifs is 1. The van der Waals surface area contributed by atoms with Gasteiger partial charge in [-0.3, -0.25) is 9.78 Å². The van der Waals surface area contributed by atoms with Gasteiger partial charge in [-0.1, -0.05) is 0 Å². The van der Waals surface area contributed by atoms with Crippen molar-refractivity contribution in [1.29, 1.82) is 5.26 Å². The molecule has 11 nitrogen and oxygen atoms in total. The Balaban J connectivity index is 1.55. The van der Waals surface area contributed by atoms with Crippen LogP contribution < -0.4 is 11.1 Å². The van der Waals surface area contributed by atoms with Crippen LogP contribution in [0.3, 0.4) is 0 Å². The Morgan fingerprint density at radius 2 is 1.83 bits per heavy atom. The number of aromatic nitrogens is 7. The molecule has 0 spiro atoms. The quantitative estimate of drug-likeness (QED) is 0.364. The second-order valence-corrected chi connectivity index (χ2v) is 7.37. The van der Waals surface area contributed by atoms with Gasteiger partial charge in [0.1, 0.15) is 11.6 Å². The molecular formula is C22H13F3N10O. The van der Waals surface area contributed by atoms with Gasteiger partial charge in [0.05, 0.1) is 52.9 Å². The lowest BCUT2D eigenvalue weighted by Crippen LogP contribution is -2.21. The first-order valence-electron chi connectivity index (χ1n) is 10.1. The van der Waals surface area contributed by atoms with Crippen LogP contribution in [0.4, 0.5) is 24.5 Å². The number of nitrogen functional groups attached to an aromatic ring is 1. The van der Waals surface area contributed by atoms with E-state index in [1.807, 2.05) is 6.07 Å². The van der Waals surface area contributed by atoms with Crippen LogP contribution >= 0.6 is 0 Å². The van der Waals surface area contributed by atoms with Crippen LogP contribution in [0.1, 0.15) is 21.6 Å². The Morgan fingerprint density at radius 3 is 2.56 bits per heavy atom. The summed E-state index contributed by atoms with van der Waals surface area (Å²) in [5.41, 5.74) is 4.51. The van der Waals surface area contributed by atoms with Crippen LogP contribution in [-0.4, -0.2) is 40.6 Å². The van der Waals surface area contributed by atoms with E-state index in [1.54, 1.807) is 12.1 Å². The van der Waals surface area contributed by atoms with Crippen LogP contribution in [0, 0.1) is 11.3 Å². The van der Waals surface area contributed by atoms with Crippen molar-refractivity contribution in [2.75, 3.05) is 11.1 Å². The topological polar surface area (TPSA) is 153 Å². The van der Waals surface area contributed by atoms with Crippen LogP contribution in [0.25, 0.3) is 22.4 Å². The van der Waals surface area contributed by atoms with Crippen molar-refractivity contribution in [3.8, 4) is 17.6 Å². The van der Waals surface area contributed by atoms with Gasteiger partial charge in [0.25, 0.3) is 5.91 Å². The van der Waals surface area contributed by atoms with E-state index in [0.29, 0.717) is 15.6 Å². The van der Waals surface area contributed by atoms with E-state index < -0.39 is 23.3 Å². The highest BCUT2D eigenvalue weighted by Gasteiger charge is 2.41. The summed E-state index contributed by atoms with van der Waals surface area (Å²) >= 11 is 0. The molecular weight excluding hydrogens is 477 g/mol. The molecule has 4 heterocycles. The van der Waals surface area contributed by atoms with Crippen LogP contribution in [-0.2, 0) is 6.18 Å². The van der Waals surface area contributed by atoms with Gasteiger partial charge in [0.2, 0.25) is 0 Å². The Kier molecular flexibility index (Phi) is 5.29. The third kappa shape index (κ3) is 3.84. The normalized spacial score (nSPS) is 11.4. The number of anilines is 2. The van der Waals surface area contributed by atoms with Gasteiger partial charge in [-0.25, -0.2) is 9.67 Å². The molecule has 0 aliphatic carbocycles. The summed E-state index contributed by atoms with van der Waals surface area (Å²) in [5.74, 6) is -1.00. The molecule has 178 valence electrons. The molecule has 0 aliphatic heterocycles. The smallest absolute Gasteiger partial charge is 0.397 e. The van der Waals surface area contributed by atoms with Gasteiger partial charge < -0.3 is 11.1 Å². The van der Waals surface area contributed by atoms with Crippen molar-refractivity contribution in [2.45, 2.75) is 6.18 Å². The number of alkyl halides is 3. The molecule has 0 saturated carbocycles. The zero-order chi connectivity index (χ0) is 25.4. The summed E-state index contributed by atoms with van der Waals surface area (Å²) in [4.78, 5) is 22.2. The first-order chi connectivity index (χ1) is 17.3. The standard InChI is InChI=1S/C22H13F3N10O/c23-22(24,25)19-15(11-32-34(19)17-4-3-16(27)18-14(17)2-1-5-28-18)21(36)33-13-8-12(9-26)20(29-10-13)35-30-6-7-31-35/h1-8,10-11H,27H2,(H,33,36). The third-order valence-electron chi connectivity index (χ3n) is 5.14. The summed E-state index contributed by atoms with van der Waals surface area (Å²) < 4.78 is 43.2. The molecule has 5 aromatic rings. The number of carbonyl (C=O) groups excluding carboxylic acids is 1. The monoisotopic (exact) mass is 490 g/mol. The predicted octanol–water partition coefficient (Wildman–Crippen LogP) is 3.12. The average Bonchev–Trinajstić information content (AvgIpc) is 3.55. The number of nitrogens with two attached hydrogens (primary N) is 1. The van der Waals surface area contributed by atoms with E-state index in [9.17, 15) is 23.2 Å². The Morgan fingerprint density at radius 1 is 1.06 bits per heavy atom. The number of halogens is 3. The zero-order valence-electron chi connectivity index (χ0n) is 18.0. The minimum absolute atomic E-state index is 0.00316. The largest absolute Gasteiger partial charge is 0.434 e. The van der Waals surface area contributed by atoms with Gasteiger partial charge in [-0.2, -0.15) is 33.7 Å². The number of rotatable bonds is 4. The lowest BCUT2D eigenvalue weighted by molar-refractivity contribution is -0.143.